The molecule has 1 N–H and O–H groups in total. The summed E-state index contributed by atoms with van der Waals surface area (Å²) in [6.07, 6.45) is 0. The van der Waals surface area contributed by atoms with Gasteiger partial charge in [-0.25, -0.2) is 4.79 Å². The van der Waals surface area contributed by atoms with Crippen LogP contribution in [-0.4, -0.2) is 31.7 Å². The number of rotatable bonds is 6. The SMILES string of the molecule is CCOC(=O)c1cc2c(cc1NCC(=O)c1ccccc1)OCO2. The molecule has 0 bridgehead atoms. The van der Waals surface area contributed by atoms with Crippen LogP contribution in [0.4, 0.5) is 5.69 Å². The number of esters is 1. The lowest BCUT2D eigenvalue weighted by atomic mass is 10.1. The van der Waals surface area contributed by atoms with Crippen LogP contribution in [0.25, 0.3) is 0 Å². The zero-order valence-corrected chi connectivity index (χ0v) is 13.2. The van der Waals surface area contributed by atoms with Gasteiger partial charge in [0.2, 0.25) is 6.79 Å². The van der Waals surface area contributed by atoms with Crippen molar-refractivity contribution in [1.82, 2.24) is 0 Å². The van der Waals surface area contributed by atoms with Gasteiger partial charge in [-0.3, -0.25) is 4.79 Å². The lowest BCUT2D eigenvalue weighted by Gasteiger charge is -2.12. The molecule has 3 rings (SSSR count). The molecule has 24 heavy (non-hydrogen) atoms. The fraction of sp³-hybridized carbons (Fsp3) is 0.222. The highest BCUT2D eigenvalue weighted by Crippen LogP contribution is 2.37. The fourth-order valence-corrected chi connectivity index (χ4v) is 2.37. The van der Waals surface area contributed by atoms with Gasteiger partial charge in [-0.1, -0.05) is 30.3 Å². The first-order chi connectivity index (χ1) is 11.7. The van der Waals surface area contributed by atoms with Crippen molar-refractivity contribution < 1.29 is 23.8 Å². The van der Waals surface area contributed by atoms with Gasteiger partial charge in [0.15, 0.2) is 17.3 Å². The molecular weight excluding hydrogens is 310 g/mol. The van der Waals surface area contributed by atoms with Gasteiger partial charge in [0, 0.05) is 17.7 Å². The Morgan fingerprint density at radius 2 is 1.83 bits per heavy atom. The normalized spacial score (nSPS) is 11.9. The molecule has 0 radical (unpaired) electrons. The summed E-state index contributed by atoms with van der Waals surface area (Å²) in [7, 11) is 0. The molecule has 124 valence electrons. The van der Waals surface area contributed by atoms with E-state index in [0.717, 1.165) is 0 Å². The van der Waals surface area contributed by atoms with Crippen molar-refractivity contribution in [2.24, 2.45) is 0 Å². The highest BCUT2D eigenvalue weighted by Gasteiger charge is 2.22. The molecule has 0 spiro atoms. The van der Waals surface area contributed by atoms with Crippen molar-refractivity contribution >= 4 is 17.4 Å². The van der Waals surface area contributed by atoms with Crippen molar-refractivity contribution in [2.45, 2.75) is 6.92 Å². The van der Waals surface area contributed by atoms with Crippen LogP contribution in [-0.2, 0) is 4.74 Å². The van der Waals surface area contributed by atoms with E-state index < -0.39 is 5.97 Å². The van der Waals surface area contributed by atoms with E-state index in [0.29, 0.717) is 28.3 Å². The van der Waals surface area contributed by atoms with Crippen LogP contribution in [0.3, 0.4) is 0 Å². The zero-order chi connectivity index (χ0) is 16.9. The van der Waals surface area contributed by atoms with Crippen molar-refractivity contribution in [3.8, 4) is 11.5 Å². The number of ether oxygens (including phenoxy) is 3. The van der Waals surface area contributed by atoms with E-state index in [1.54, 1.807) is 43.3 Å². The molecule has 6 heteroatoms. The average Bonchev–Trinajstić information content (AvgIpc) is 3.07. The van der Waals surface area contributed by atoms with Crippen LogP contribution in [0.5, 0.6) is 11.5 Å². The van der Waals surface area contributed by atoms with Gasteiger partial charge in [0.1, 0.15) is 0 Å². The second-order valence-electron chi connectivity index (χ2n) is 5.11. The molecule has 0 saturated carbocycles. The Labute approximate surface area is 139 Å². The molecule has 2 aromatic carbocycles. The van der Waals surface area contributed by atoms with Gasteiger partial charge in [0.25, 0.3) is 0 Å². The van der Waals surface area contributed by atoms with E-state index in [9.17, 15) is 9.59 Å². The smallest absolute Gasteiger partial charge is 0.340 e. The highest BCUT2D eigenvalue weighted by molar-refractivity contribution is 6.01. The van der Waals surface area contributed by atoms with Gasteiger partial charge in [-0.05, 0) is 6.92 Å². The quantitative estimate of drug-likeness (QED) is 0.649. The minimum absolute atomic E-state index is 0.0516. The van der Waals surface area contributed by atoms with Crippen LogP contribution in [0, 0.1) is 0 Å². The molecule has 2 aromatic rings. The minimum atomic E-state index is -0.481. The number of fused-ring (bicyclic) bond motifs is 1. The molecule has 0 unspecified atom stereocenters. The molecule has 0 fully saturated rings. The van der Waals surface area contributed by atoms with E-state index >= 15 is 0 Å². The van der Waals surface area contributed by atoms with Gasteiger partial charge >= 0.3 is 5.97 Å². The largest absolute Gasteiger partial charge is 0.462 e. The first kappa shape index (κ1) is 15.9. The van der Waals surface area contributed by atoms with Crippen molar-refractivity contribution in [3.05, 3.63) is 53.6 Å². The monoisotopic (exact) mass is 327 g/mol. The number of ketones is 1. The van der Waals surface area contributed by atoms with Crippen LogP contribution in [0.2, 0.25) is 0 Å². The lowest BCUT2D eigenvalue weighted by molar-refractivity contribution is 0.0526. The second-order valence-corrected chi connectivity index (χ2v) is 5.11. The summed E-state index contributed by atoms with van der Waals surface area (Å²) < 4.78 is 15.7. The predicted octanol–water partition coefficient (Wildman–Crippen LogP) is 2.89. The summed E-state index contributed by atoms with van der Waals surface area (Å²) in [5.41, 5.74) is 1.38. The first-order valence-corrected chi connectivity index (χ1v) is 7.62. The first-order valence-electron chi connectivity index (χ1n) is 7.62. The summed E-state index contributed by atoms with van der Waals surface area (Å²) >= 11 is 0. The number of carbonyl (C=O) groups is 2. The number of Topliss-reactive ketones (excluding diaryl/α,β-unsaturated/α-hetero) is 1. The summed E-state index contributed by atoms with van der Waals surface area (Å²) in [4.78, 5) is 24.4. The van der Waals surface area contributed by atoms with Crippen LogP contribution in [0.1, 0.15) is 27.6 Å². The van der Waals surface area contributed by atoms with Crippen molar-refractivity contribution in [3.63, 3.8) is 0 Å². The lowest BCUT2D eigenvalue weighted by Crippen LogP contribution is -2.16. The van der Waals surface area contributed by atoms with E-state index in [2.05, 4.69) is 5.32 Å². The maximum atomic E-state index is 12.2. The molecule has 0 atom stereocenters. The third kappa shape index (κ3) is 3.32. The zero-order valence-electron chi connectivity index (χ0n) is 13.2. The molecule has 0 saturated heterocycles. The van der Waals surface area contributed by atoms with Crippen molar-refractivity contribution in [2.75, 3.05) is 25.3 Å². The Bertz CT molecular complexity index is 758. The van der Waals surface area contributed by atoms with Crippen molar-refractivity contribution in [1.29, 1.82) is 0 Å². The maximum absolute atomic E-state index is 12.2. The third-order valence-electron chi connectivity index (χ3n) is 3.54. The number of benzene rings is 2. The number of hydrogen-bond acceptors (Lipinski definition) is 6. The molecule has 1 aliphatic heterocycles. The third-order valence-corrected chi connectivity index (χ3v) is 3.54. The fourth-order valence-electron chi connectivity index (χ4n) is 2.37. The molecule has 1 aliphatic rings. The van der Waals surface area contributed by atoms with Gasteiger partial charge in [-0.2, -0.15) is 0 Å². The summed E-state index contributed by atoms with van der Waals surface area (Å²) in [6.45, 7) is 2.15. The van der Waals surface area contributed by atoms with Gasteiger partial charge < -0.3 is 19.5 Å². The summed E-state index contributed by atoms with van der Waals surface area (Å²) in [5, 5.41) is 2.99. The molecule has 0 amide bonds. The number of anilines is 1. The van der Waals surface area contributed by atoms with E-state index in [4.69, 9.17) is 14.2 Å². The molecule has 0 aliphatic carbocycles. The van der Waals surface area contributed by atoms with E-state index in [1.165, 1.54) is 0 Å². The van der Waals surface area contributed by atoms with Gasteiger partial charge in [0.05, 0.1) is 24.4 Å². The van der Waals surface area contributed by atoms with Gasteiger partial charge in [-0.15, -0.1) is 0 Å². The number of carbonyl (C=O) groups excluding carboxylic acids is 2. The second kappa shape index (κ2) is 7.04. The predicted molar refractivity (Wildman–Crippen MR) is 87.8 cm³/mol. The minimum Gasteiger partial charge on any atom is -0.462 e. The van der Waals surface area contributed by atoms with E-state index in [1.807, 2.05) is 6.07 Å². The molecule has 1 heterocycles. The standard InChI is InChI=1S/C18H17NO5/c1-2-22-18(21)13-8-16-17(24-11-23-16)9-14(13)19-10-15(20)12-6-4-3-5-7-12/h3-9,19H,2,10-11H2,1H3. The number of nitrogens with one attached hydrogen (secondary N) is 1. The van der Waals surface area contributed by atoms with E-state index in [-0.39, 0.29) is 25.7 Å². The maximum Gasteiger partial charge on any atom is 0.340 e. The molecule has 0 aromatic heterocycles. The Morgan fingerprint density at radius 1 is 1.12 bits per heavy atom. The van der Waals surface area contributed by atoms with Crippen LogP contribution >= 0.6 is 0 Å². The molecule has 6 nitrogen and oxygen atoms in total. The Balaban J connectivity index is 1.81. The Hall–Kier alpha value is -3.02. The van der Waals surface area contributed by atoms with Crippen LogP contribution < -0.4 is 14.8 Å². The highest BCUT2D eigenvalue weighted by atomic mass is 16.7. The molecular formula is C18H17NO5. The Morgan fingerprint density at radius 3 is 2.54 bits per heavy atom. The average molecular weight is 327 g/mol. The summed E-state index contributed by atoms with van der Waals surface area (Å²) in [6, 6.07) is 12.2. The number of hydrogen-bond donors (Lipinski definition) is 1. The Kier molecular flexibility index (Phi) is 4.65. The topological polar surface area (TPSA) is 73.9 Å². The summed E-state index contributed by atoms with van der Waals surface area (Å²) in [5.74, 6) is 0.448. The van der Waals surface area contributed by atoms with Crippen LogP contribution in [0.15, 0.2) is 42.5 Å².